The van der Waals surface area contributed by atoms with Crippen LogP contribution in [0, 0.1) is 11.6 Å². The smallest absolute Gasteiger partial charge is 0.450 e. The molecule has 1 aliphatic carbocycles. The molecule has 0 radical (unpaired) electrons. The Hall–Kier alpha value is -3.23. The third-order valence-corrected chi connectivity index (χ3v) is 4.66. The van der Waals surface area contributed by atoms with E-state index < -0.39 is 35.0 Å². The monoisotopic (exact) mass is 408 g/mol. The van der Waals surface area contributed by atoms with Crippen molar-refractivity contribution in [2.24, 2.45) is 0 Å². The van der Waals surface area contributed by atoms with E-state index in [2.05, 4.69) is 10.3 Å². The number of aryl methyl sites for hydroxylation is 1. The topological polar surface area (TPSA) is 55.1 Å². The van der Waals surface area contributed by atoms with Crippen LogP contribution in [0.15, 0.2) is 40.9 Å². The second kappa shape index (κ2) is 6.98. The van der Waals surface area contributed by atoms with Gasteiger partial charge in [0.25, 0.3) is 5.91 Å². The molecule has 2 aromatic heterocycles. The van der Waals surface area contributed by atoms with Gasteiger partial charge >= 0.3 is 6.18 Å². The Morgan fingerprint density at radius 1 is 1.07 bits per heavy atom. The summed E-state index contributed by atoms with van der Waals surface area (Å²) in [6.45, 7) is 0. The zero-order valence-electron chi connectivity index (χ0n) is 14.7. The number of anilines is 1. The number of hydrogen-bond donors (Lipinski definition) is 1. The van der Waals surface area contributed by atoms with Crippen LogP contribution < -0.4 is 5.32 Å². The maximum atomic E-state index is 13.7. The maximum Gasteiger partial charge on any atom is 0.450 e. The highest BCUT2D eigenvalue weighted by molar-refractivity contribution is 6.04. The highest BCUT2D eigenvalue weighted by Crippen LogP contribution is 2.44. The fraction of sp³-hybridized carbons (Fsp3) is 0.200. The van der Waals surface area contributed by atoms with Gasteiger partial charge in [-0.25, -0.2) is 13.8 Å². The molecule has 9 heteroatoms. The summed E-state index contributed by atoms with van der Waals surface area (Å²) < 4.78 is 72.5. The number of fused-ring (bicyclic) bond motifs is 1. The molecular weight excluding hydrogens is 395 g/mol. The average molecular weight is 408 g/mol. The summed E-state index contributed by atoms with van der Waals surface area (Å²) in [4.78, 5) is 16.0. The normalized spacial score (nSPS) is 13.4. The molecule has 0 aliphatic heterocycles. The van der Waals surface area contributed by atoms with Gasteiger partial charge in [-0.1, -0.05) is 6.07 Å². The molecule has 3 aromatic rings. The largest absolute Gasteiger partial charge is 0.456 e. The number of furan rings is 1. The number of carbonyl (C=O) groups is 1. The molecule has 4 rings (SSSR count). The van der Waals surface area contributed by atoms with Crippen LogP contribution in [-0.2, 0) is 19.0 Å². The molecule has 1 aliphatic rings. The predicted molar refractivity (Wildman–Crippen MR) is 93.3 cm³/mol. The summed E-state index contributed by atoms with van der Waals surface area (Å²) in [5.74, 6) is -3.95. The van der Waals surface area contributed by atoms with Crippen LogP contribution in [-0.4, -0.2) is 10.9 Å². The number of nitrogens with zero attached hydrogens (tertiary/aromatic N) is 1. The van der Waals surface area contributed by atoms with Gasteiger partial charge in [0.2, 0.25) is 5.76 Å². The summed E-state index contributed by atoms with van der Waals surface area (Å²) in [6.07, 6.45) is -1.89. The number of halogens is 5. The molecule has 150 valence electrons. The fourth-order valence-electron chi connectivity index (χ4n) is 3.42. The zero-order valence-corrected chi connectivity index (χ0v) is 14.7. The van der Waals surface area contributed by atoms with Crippen LogP contribution in [0.25, 0.3) is 11.1 Å². The average Bonchev–Trinajstić information content (AvgIpc) is 3.23. The van der Waals surface area contributed by atoms with Crippen molar-refractivity contribution in [3.63, 3.8) is 0 Å². The van der Waals surface area contributed by atoms with Crippen molar-refractivity contribution in [2.75, 3.05) is 5.32 Å². The van der Waals surface area contributed by atoms with Gasteiger partial charge in [0, 0.05) is 29.3 Å². The van der Waals surface area contributed by atoms with Crippen molar-refractivity contribution in [2.45, 2.75) is 25.4 Å². The lowest BCUT2D eigenvalue weighted by molar-refractivity contribution is -0.152. The minimum Gasteiger partial charge on any atom is -0.456 e. The summed E-state index contributed by atoms with van der Waals surface area (Å²) in [6, 6.07) is 5.61. The van der Waals surface area contributed by atoms with E-state index in [1.54, 1.807) is 0 Å². The highest BCUT2D eigenvalue weighted by Gasteiger charge is 2.41. The van der Waals surface area contributed by atoms with Gasteiger partial charge < -0.3 is 9.73 Å². The molecule has 0 bridgehead atoms. The van der Waals surface area contributed by atoms with Crippen LogP contribution in [0.2, 0.25) is 0 Å². The summed E-state index contributed by atoms with van der Waals surface area (Å²) in [5.41, 5.74) is -0.149. The number of nitrogens with one attached hydrogen (secondary N) is 1. The lowest BCUT2D eigenvalue weighted by atomic mass is 10.0. The second-order valence-corrected chi connectivity index (χ2v) is 6.54. The molecule has 29 heavy (non-hydrogen) atoms. The Bertz CT molecular complexity index is 1070. The first-order valence-corrected chi connectivity index (χ1v) is 8.69. The van der Waals surface area contributed by atoms with Crippen molar-refractivity contribution in [1.82, 2.24) is 4.98 Å². The van der Waals surface area contributed by atoms with E-state index in [4.69, 9.17) is 4.42 Å². The Kier molecular flexibility index (Phi) is 4.60. The third kappa shape index (κ3) is 3.48. The minimum atomic E-state index is -4.66. The number of aromatic nitrogens is 1. The van der Waals surface area contributed by atoms with Gasteiger partial charge in [-0.15, -0.1) is 0 Å². The number of carbonyl (C=O) groups excluding carboxylic acids is 1. The van der Waals surface area contributed by atoms with Crippen molar-refractivity contribution in [1.29, 1.82) is 0 Å². The fourth-order valence-corrected chi connectivity index (χ4v) is 3.42. The molecule has 1 aromatic carbocycles. The molecule has 1 amide bonds. The number of pyridine rings is 1. The van der Waals surface area contributed by atoms with Gasteiger partial charge in [0.15, 0.2) is 0 Å². The Morgan fingerprint density at radius 2 is 1.79 bits per heavy atom. The van der Waals surface area contributed by atoms with E-state index in [0.29, 0.717) is 30.6 Å². The van der Waals surface area contributed by atoms with Crippen LogP contribution >= 0.6 is 0 Å². The van der Waals surface area contributed by atoms with Gasteiger partial charge in [0.05, 0.1) is 0 Å². The molecule has 0 atom stereocenters. The van der Waals surface area contributed by atoms with Crippen molar-refractivity contribution in [3.05, 3.63) is 70.8 Å². The summed E-state index contributed by atoms with van der Waals surface area (Å²) >= 11 is 0. The van der Waals surface area contributed by atoms with Crippen molar-refractivity contribution < 1.29 is 31.2 Å². The molecule has 0 saturated carbocycles. The van der Waals surface area contributed by atoms with E-state index in [0.717, 1.165) is 24.4 Å². The number of rotatable bonds is 3. The predicted octanol–water partition coefficient (Wildman–Crippen LogP) is 5.38. The second-order valence-electron chi connectivity index (χ2n) is 6.54. The van der Waals surface area contributed by atoms with E-state index in [9.17, 15) is 26.7 Å². The molecule has 0 saturated heterocycles. The van der Waals surface area contributed by atoms with Crippen LogP contribution in [0.4, 0.5) is 27.8 Å². The molecule has 0 fully saturated rings. The van der Waals surface area contributed by atoms with Gasteiger partial charge in [-0.05, 0) is 37.1 Å². The van der Waals surface area contributed by atoms with E-state index in [1.165, 1.54) is 12.1 Å². The number of alkyl halides is 3. The van der Waals surface area contributed by atoms with Gasteiger partial charge in [-0.3, -0.25) is 4.79 Å². The quantitative estimate of drug-likeness (QED) is 0.592. The first kappa shape index (κ1) is 19.1. The van der Waals surface area contributed by atoms with Crippen molar-refractivity contribution >= 4 is 11.7 Å². The third-order valence-electron chi connectivity index (χ3n) is 4.66. The van der Waals surface area contributed by atoms with E-state index in [-0.39, 0.29) is 16.9 Å². The molecule has 0 unspecified atom stereocenters. The van der Waals surface area contributed by atoms with E-state index >= 15 is 0 Å². The lowest BCUT2D eigenvalue weighted by Crippen LogP contribution is -2.16. The minimum absolute atomic E-state index is 0.0597. The number of hydrogen-bond acceptors (Lipinski definition) is 3. The molecule has 1 N–H and O–H groups in total. The van der Waals surface area contributed by atoms with E-state index in [1.807, 2.05) is 0 Å². The van der Waals surface area contributed by atoms with Crippen LogP contribution in [0.5, 0.6) is 0 Å². The highest BCUT2D eigenvalue weighted by atomic mass is 19.4. The Labute approximate surface area is 161 Å². The Balaban J connectivity index is 1.64. The zero-order chi connectivity index (χ0) is 20.8. The molecule has 2 heterocycles. The lowest BCUT2D eigenvalue weighted by Gasteiger charge is -2.10. The molecule has 0 spiro atoms. The number of benzene rings is 1. The first-order valence-electron chi connectivity index (χ1n) is 8.69. The van der Waals surface area contributed by atoms with Crippen LogP contribution in [0.3, 0.4) is 0 Å². The Morgan fingerprint density at radius 3 is 2.41 bits per heavy atom. The summed E-state index contributed by atoms with van der Waals surface area (Å²) in [7, 11) is 0. The maximum absolute atomic E-state index is 13.7. The molecule has 4 nitrogen and oxygen atoms in total. The standard InChI is InChI=1S/C20H13F5N2O2/c21-12-4-2-5-13(22)17(12)19(28)27-15-8-7-10(9-26-15)16-11-3-1-6-14(11)29-18(16)20(23,24)25/h2,4-5,7-9H,1,3,6H2,(H,26,27,28). The summed E-state index contributed by atoms with van der Waals surface area (Å²) in [5, 5.41) is 2.23. The van der Waals surface area contributed by atoms with Crippen LogP contribution in [0.1, 0.15) is 33.9 Å². The SMILES string of the molecule is O=C(Nc1ccc(-c2c(C(F)(F)F)oc3c2CCC3)cn1)c1c(F)cccc1F. The number of amides is 1. The van der Waals surface area contributed by atoms with Gasteiger partial charge in [-0.2, -0.15) is 13.2 Å². The van der Waals surface area contributed by atoms with Crippen molar-refractivity contribution in [3.8, 4) is 11.1 Å². The van der Waals surface area contributed by atoms with Gasteiger partial charge in [0.1, 0.15) is 28.8 Å². The molecular formula is C20H13F5N2O2. The first-order chi connectivity index (χ1) is 13.8.